The van der Waals surface area contributed by atoms with E-state index in [9.17, 15) is 9.59 Å². The number of carbonyl (C=O) groups excluding carboxylic acids is 1. The average Bonchev–Trinajstić information content (AvgIpc) is 2.46. The third kappa shape index (κ3) is 3.99. The van der Waals surface area contributed by atoms with Crippen LogP contribution in [0, 0.1) is 5.92 Å². The van der Waals surface area contributed by atoms with Crippen molar-refractivity contribution in [2.75, 3.05) is 18.8 Å². The van der Waals surface area contributed by atoms with E-state index in [0.717, 1.165) is 11.3 Å². The number of aliphatic carboxylic acids is 1. The lowest BCUT2D eigenvalue weighted by Gasteiger charge is -2.30. The fourth-order valence-electron chi connectivity index (χ4n) is 2.16. The number of nitrogens with zero attached hydrogens (tertiary/aromatic N) is 1. The SMILES string of the molecule is O=C(O)C1CCCN(C(=O)CSc2ccccc2)C1. The molecule has 1 aliphatic rings. The number of thioether (sulfide) groups is 1. The Kier molecular flexibility index (Phi) is 4.85. The zero-order valence-corrected chi connectivity index (χ0v) is 11.4. The quantitative estimate of drug-likeness (QED) is 0.858. The molecule has 1 fully saturated rings. The van der Waals surface area contributed by atoms with Crippen LogP contribution in [0.4, 0.5) is 0 Å². The summed E-state index contributed by atoms with van der Waals surface area (Å²) >= 11 is 1.49. The van der Waals surface area contributed by atoms with Gasteiger partial charge in [-0.1, -0.05) is 18.2 Å². The van der Waals surface area contributed by atoms with Crippen LogP contribution in [-0.2, 0) is 9.59 Å². The highest BCUT2D eigenvalue weighted by Crippen LogP contribution is 2.21. The number of carbonyl (C=O) groups is 2. The van der Waals surface area contributed by atoms with Crippen molar-refractivity contribution < 1.29 is 14.7 Å². The Labute approximate surface area is 116 Å². The average molecular weight is 279 g/mol. The number of rotatable bonds is 4. The molecule has 1 atom stereocenters. The molecule has 1 saturated heterocycles. The summed E-state index contributed by atoms with van der Waals surface area (Å²) in [4.78, 5) is 25.7. The van der Waals surface area contributed by atoms with Gasteiger partial charge in [0.05, 0.1) is 11.7 Å². The Morgan fingerprint density at radius 3 is 2.74 bits per heavy atom. The Morgan fingerprint density at radius 1 is 1.32 bits per heavy atom. The first-order valence-electron chi connectivity index (χ1n) is 6.35. The lowest BCUT2D eigenvalue weighted by Crippen LogP contribution is -2.43. The monoisotopic (exact) mass is 279 g/mol. The largest absolute Gasteiger partial charge is 0.481 e. The molecule has 1 heterocycles. The van der Waals surface area contributed by atoms with Crippen LogP contribution in [-0.4, -0.2) is 40.7 Å². The van der Waals surface area contributed by atoms with Crippen LogP contribution >= 0.6 is 11.8 Å². The molecular weight excluding hydrogens is 262 g/mol. The number of carboxylic acid groups (broad SMARTS) is 1. The van der Waals surface area contributed by atoms with E-state index in [1.54, 1.807) is 4.90 Å². The maximum Gasteiger partial charge on any atom is 0.308 e. The van der Waals surface area contributed by atoms with E-state index in [-0.39, 0.29) is 5.91 Å². The molecule has 1 unspecified atom stereocenters. The van der Waals surface area contributed by atoms with Gasteiger partial charge in [-0.25, -0.2) is 0 Å². The topological polar surface area (TPSA) is 57.6 Å². The van der Waals surface area contributed by atoms with E-state index in [2.05, 4.69) is 0 Å². The summed E-state index contributed by atoms with van der Waals surface area (Å²) in [7, 11) is 0. The minimum Gasteiger partial charge on any atom is -0.481 e. The Morgan fingerprint density at radius 2 is 2.05 bits per heavy atom. The van der Waals surface area contributed by atoms with Gasteiger partial charge in [0.25, 0.3) is 0 Å². The molecule has 0 aromatic heterocycles. The van der Waals surface area contributed by atoms with Crippen LogP contribution in [0.5, 0.6) is 0 Å². The molecule has 0 aliphatic carbocycles. The van der Waals surface area contributed by atoms with Gasteiger partial charge >= 0.3 is 5.97 Å². The van der Waals surface area contributed by atoms with Crippen LogP contribution < -0.4 is 0 Å². The second-order valence-electron chi connectivity index (χ2n) is 4.62. The smallest absolute Gasteiger partial charge is 0.308 e. The first kappa shape index (κ1) is 13.9. The maximum absolute atomic E-state index is 12.1. The van der Waals surface area contributed by atoms with Crippen LogP contribution in [0.2, 0.25) is 0 Å². The van der Waals surface area contributed by atoms with E-state index >= 15 is 0 Å². The third-order valence-corrected chi connectivity index (χ3v) is 4.23. The molecule has 5 heteroatoms. The number of piperidine rings is 1. The third-order valence-electron chi connectivity index (χ3n) is 3.23. The predicted molar refractivity (Wildman–Crippen MR) is 74.1 cm³/mol. The molecule has 0 saturated carbocycles. The van der Waals surface area contributed by atoms with Gasteiger partial charge in [0, 0.05) is 18.0 Å². The standard InChI is InChI=1S/C14H17NO3S/c16-13(10-19-12-6-2-1-3-7-12)15-8-4-5-11(9-15)14(17)18/h1-3,6-7,11H,4-5,8-10H2,(H,17,18). The van der Waals surface area contributed by atoms with Crippen molar-refractivity contribution >= 4 is 23.6 Å². The Bertz CT molecular complexity index is 449. The lowest BCUT2D eigenvalue weighted by molar-refractivity contribution is -0.145. The normalized spacial score (nSPS) is 19.2. The zero-order valence-electron chi connectivity index (χ0n) is 10.6. The molecule has 1 aliphatic heterocycles. The number of carboxylic acids is 1. The second kappa shape index (κ2) is 6.61. The van der Waals surface area contributed by atoms with Gasteiger partial charge in [0.2, 0.25) is 5.91 Å². The van der Waals surface area contributed by atoms with Crippen LogP contribution in [0.25, 0.3) is 0 Å². The van der Waals surface area contributed by atoms with Crippen molar-refractivity contribution in [1.29, 1.82) is 0 Å². The van der Waals surface area contributed by atoms with Gasteiger partial charge in [-0.2, -0.15) is 0 Å². The molecule has 102 valence electrons. The van der Waals surface area contributed by atoms with Crippen LogP contribution in [0.3, 0.4) is 0 Å². The van der Waals surface area contributed by atoms with Crippen molar-refractivity contribution in [3.63, 3.8) is 0 Å². The highest BCUT2D eigenvalue weighted by atomic mass is 32.2. The maximum atomic E-state index is 12.1. The summed E-state index contributed by atoms with van der Waals surface area (Å²) in [6, 6.07) is 9.75. The summed E-state index contributed by atoms with van der Waals surface area (Å²) in [5, 5.41) is 9.00. The van der Waals surface area contributed by atoms with Crippen LogP contribution in [0.15, 0.2) is 35.2 Å². The van der Waals surface area contributed by atoms with E-state index in [4.69, 9.17) is 5.11 Å². The molecule has 0 radical (unpaired) electrons. The molecular formula is C14H17NO3S. The van der Waals surface area contributed by atoms with Crippen molar-refractivity contribution in [2.45, 2.75) is 17.7 Å². The molecule has 1 aromatic carbocycles. The molecule has 1 amide bonds. The number of likely N-dealkylation sites (tertiary alicyclic amines) is 1. The van der Waals surface area contributed by atoms with Crippen molar-refractivity contribution in [1.82, 2.24) is 4.90 Å². The summed E-state index contributed by atoms with van der Waals surface area (Å²) < 4.78 is 0. The minimum atomic E-state index is -0.798. The van der Waals surface area contributed by atoms with Crippen molar-refractivity contribution in [2.24, 2.45) is 5.92 Å². The fourth-order valence-corrected chi connectivity index (χ4v) is 2.98. The molecule has 1 N–H and O–H groups in total. The summed E-state index contributed by atoms with van der Waals surface area (Å²) in [6.45, 7) is 1.03. The van der Waals surface area contributed by atoms with Crippen LogP contribution in [0.1, 0.15) is 12.8 Å². The highest BCUT2D eigenvalue weighted by Gasteiger charge is 2.27. The molecule has 2 rings (SSSR count). The number of amides is 1. The summed E-state index contributed by atoms with van der Waals surface area (Å²) in [5.41, 5.74) is 0. The van der Waals surface area contributed by atoms with E-state index in [1.807, 2.05) is 30.3 Å². The van der Waals surface area contributed by atoms with Gasteiger partial charge in [0.15, 0.2) is 0 Å². The Hall–Kier alpha value is -1.49. The summed E-state index contributed by atoms with van der Waals surface area (Å²) in [5.74, 6) is -0.802. The number of benzene rings is 1. The number of hydrogen-bond acceptors (Lipinski definition) is 3. The second-order valence-corrected chi connectivity index (χ2v) is 5.67. The van der Waals surface area contributed by atoms with Gasteiger partial charge < -0.3 is 10.0 Å². The summed E-state index contributed by atoms with van der Waals surface area (Å²) in [6.07, 6.45) is 1.45. The van der Waals surface area contributed by atoms with Gasteiger partial charge in [-0.3, -0.25) is 9.59 Å². The van der Waals surface area contributed by atoms with E-state index in [0.29, 0.717) is 25.3 Å². The highest BCUT2D eigenvalue weighted by molar-refractivity contribution is 8.00. The van der Waals surface area contributed by atoms with E-state index < -0.39 is 11.9 Å². The molecule has 19 heavy (non-hydrogen) atoms. The van der Waals surface area contributed by atoms with Gasteiger partial charge in [-0.05, 0) is 25.0 Å². The van der Waals surface area contributed by atoms with Crippen molar-refractivity contribution in [3.8, 4) is 0 Å². The predicted octanol–water partition coefficient (Wildman–Crippen LogP) is 2.10. The molecule has 1 aromatic rings. The van der Waals surface area contributed by atoms with Gasteiger partial charge in [0.1, 0.15) is 0 Å². The van der Waals surface area contributed by atoms with E-state index in [1.165, 1.54) is 11.8 Å². The minimum absolute atomic E-state index is 0.0276. The first-order valence-corrected chi connectivity index (χ1v) is 7.34. The van der Waals surface area contributed by atoms with Gasteiger partial charge in [-0.15, -0.1) is 11.8 Å². The Balaban J connectivity index is 1.84. The zero-order chi connectivity index (χ0) is 13.7. The number of hydrogen-bond donors (Lipinski definition) is 1. The first-order chi connectivity index (χ1) is 9.16. The molecule has 4 nitrogen and oxygen atoms in total. The lowest BCUT2D eigenvalue weighted by atomic mass is 9.98. The van der Waals surface area contributed by atoms with Crippen molar-refractivity contribution in [3.05, 3.63) is 30.3 Å². The molecule has 0 spiro atoms. The fraction of sp³-hybridized carbons (Fsp3) is 0.429. The molecule has 0 bridgehead atoms.